The lowest BCUT2D eigenvalue weighted by atomic mass is 10.2. The fraction of sp³-hybridized carbons (Fsp3) is 0.0500. The number of amides is 2. The molecule has 3 aromatic rings. The van der Waals surface area contributed by atoms with Crippen molar-refractivity contribution in [2.75, 3.05) is 0 Å². The molecule has 0 aliphatic heterocycles. The Labute approximate surface area is 164 Å². The van der Waals surface area contributed by atoms with Crippen molar-refractivity contribution in [2.24, 2.45) is 0 Å². The average molecular weight is 426 g/mol. The van der Waals surface area contributed by atoms with Gasteiger partial charge in [-0.2, -0.15) is 0 Å². The van der Waals surface area contributed by atoms with Crippen molar-refractivity contribution < 1.29 is 14.3 Å². The molecular formula is C20H16BrN3O3. The Morgan fingerprint density at radius 2 is 1.67 bits per heavy atom. The Balaban J connectivity index is 1.65. The molecule has 0 aliphatic rings. The van der Waals surface area contributed by atoms with Crippen LogP contribution < -0.4 is 15.6 Å². The molecule has 2 aromatic carbocycles. The van der Waals surface area contributed by atoms with E-state index in [1.54, 1.807) is 42.6 Å². The molecule has 0 saturated heterocycles. The Bertz CT molecular complexity index is 948. The van der Waals surface area contributed by atoms with Gasteiger partial charge < -0.3 is 4.74 Å². The molecule has 0 bridgehead atoms. The largest absolute Gasteiger partial charge is 0.488 e. The number of ether oxygens (including phenoxy) is 1. The molecule has 1 aromatic heterocycles. The van der Waals surface area contributed by atoms with Crippen molar-refractivity contribution in [1.82, 2.24) is 15.8 Å². The Hall–Kier alpha value is -3.19. The SMILES string of the molecule is O=C(NNC(=O)c1ccccc1OCc1ccccc1Br)c1cccnc1. The van der Waals surface area contributed by atoms with Crippen LogP contribution in [-0.2, 0) is 6.61 Å². The van der Waals surface area contributed by atoms with E-state index in [1.165, 1.54) is 6.20 Å². The second kappa shape index (κ2) is 8.95. The van der Waals surface area contributed by atoms with Crippen molar-refractivity contribution in [3.8, 4) is 5.75 Å². The lowest BCUT2D eigenvalue weighted by Crippen LogP contribution is -2.41. The second-order valence-corrected chi connectivity index (χ2v) is 6.38. The van der Waals surface area contributed by atoms with Gasteiger partial charge in [0.25, 0.3) is 11.8 Å². The lowest BCUT2D eigenvalue weighted by Gasteiger charge is -2.13. The summed E-state index contributed by atoms with van der Waals surface area (Å²) in [6.07, 6.45) is 2.98. The number of hydrazine groups is 1. The number of hydrogen-bond acceptors (Lipinski definition) is 4. The molecule has 136 valence electrons. The summed E-state index contributed by atoms with van der Waals surface area (Å²) in [6.45, 7) is 0.299. The van der Waals surface area contributed by atoms with E-state index in [-0.39, 0.29) is 0 Å². The van der Waals surface area contributed by atoms with Gasteiger partial charge in [-0.15, -0.1) is 0 Å². The highest BCUT2D eigenvalue weighted by molar-refractivity contribution is 9.10. The van der Waals surface area contributed by atoms with Crippen molar-refractivity contribution in [3.05, 3.63) is 94.2 Å². The fourth-order valence-electron chi connectivity index (χ4n) is 2.30. The topological polar surface area (TPSA) is 80.3 Å². The van der Waals surface area contributed by atoms with Gasteiger partial charge in [0.15, 0.2) is 0 Å². The minimum atomic E-state index is -0.477. The van der Waals surface area contributed by atoms with Crippen LogP contribution in [0.3, 0.4) is 0 Å². The molecule has 3 rings (SSSR count). The van der Waals surface area contributed by atoms with E-state index >= 15 is 0 Å². The van der Waals surface area contributed by atoms with Crippen molar-refractivity contribution >= 4 is 27.7 Å². The highest BCUT2D eigenvalue weighted by Gasteiger charge is 2.14. The van der Waals surface area contributed by atoms with Crippen LogP contribution in [0.25, 0.3) is 0 Å². The summed E-state index contributed by atoms with van der Waals surface area (Å²) in [5.41, 5.74) is 6.37. The van der Waals surface area contributed by atoms with Crippen LogP contribution >= 0.6 is 15.9 Å². The van der Waals surface area contributed by atoms with Crippen molar-refractivity contribution in [3.63, 3.8) is 0 Å². The zero-order chi connectivity index (χ0) is 19.1. The van der Waals surface area contributed by atoms with Crippen LogP contribution in [0.4, 0.5) is 0 Å². The maximum atomic E-state index is 12.4. The lowest BCUT2D eigenvalue weighted by molar-refractivity contribution is 0.0844. The predicted octanol–water partition coefficient (Wildman–Crippen LogP) is 3.50. The average Bonchev–Trinajstić information content (AvgIpc) is 2.72. The number of hydrogen-bond donors (Lipinski definition) is 2. The maximum absolute atomic E-state index is 12.4. The molecule has 0 saturated carbocycles. The van der Waals surface area contributed by atoms with Gasteiger partial charge >= 0.3 is 0 Å². The third-order valence-electron chi connectivity index (χ3n) is 3.69. The third-order valence-corrected chi connectivity index (χ3v) is 4.46. The molecule has 7 heteroatoms. The van der Waals surface area contributed by atoms with Gasteiger partial charge in [-0.25, -0.2) is 0 Å². The number of benzene rings is 2. The number of carbonyl (C=O) groups is 2. The van der Waals surface area contributed by atoms with Gasteiger partial charge in [0, 0.05) is 22.4 Å². The first-order chi connectivity index (χ1) is 13.1. The minimum absolute atomic E-state index is 0.299. The second-order valence-electron chi connectivity index (χ2n) is 5.53. The van der Waals surface area contributed by atoms with E-state index in [4.69, 9.17) is 4.74 Å². The van der Waals surface area contributed by atoms with Gasteiger partial charge in [0.2, 0.25) is 0 Å². The van der Waals surface area contributed by atoms with Crippen LogP contribution in [0.2, 0.25) is 0 Å². The van der Waals surface area contributed by atoms with Crippen LogP contribution in [0.1, 0.15) is 26.3 Å². The van der Waals surface area contributed by atoms with E-state index in [0.29, 0.717) is 23.5 Å². The Morgan fingerprint density at radius 1 is 0.926 bits per heavy atom. The standard InChI is InChI=1S/C20H16BrN3O3/c21-17-9-3-1-6-15(17)13-27-18-10-4-2-8-16(18)20(26)24-23-19(25)14-7-5-11-22-12-14/h1-12H,13H2,(H,23,25)(H,24,26). The molecule has 0 unspecified atom stereocenters. The number of para-hydroxylation sites is 1. The smallest absolute Gasteiger partial charge is 0.273 e. The summed E-state index contributed by atoms with van der Waals surface area (Å²) in [6, 6.07) is 17.8. The summed E-state index contributed by atoms with van der Waals surface area (Å²) < 4.78 is 6.73. The highest BCUT2D eigenvalue weighted by atomic mass is 79.9. The summed E-state index contributed by atoms with van der Waals surface area (Å²) >= 11 is 3.47. The molecule has 0 aliphatic carbocycles. The number of aromatic nitrogens is 1. The summed E-state index contributed by atoms with van der Waals surface area (Å²) in [5, 5.41) is 0. The molecule has 0 radical (unpaired) electrons. The number of nitrogens with zero attached hydrogens (tertiary/aromatic N) is 1. The number of carbonyl (C=O) groups excluding carboxylic acids is 2. The van der Waals surface area contributed by atoms with Crippen molar-refractivity contribution in [1.29, 1.82) is 0 Å². The van der Waals surface area contributed by atoms with Crippen LogP contribution in [-0.4, -0.2) is 16.8 Å². The molecule has 2 N–H and O–H groups in total. The number of halogens is 1. The summed E-state index contributed by atoms with van der Waals surface area (Å²) in [5.74, 6) is -0.514. The maximum Gasteiger partial charge on any atom is 0.273 e. The Morgan fingerprint density at radius 3 is 2.44 bits per heavy atom. The van der Waals surface area contributed by atoms with Gasteiger partial charge in [0.1, 0.15) is 12.4 Å². The van der Waals surface area contributed by atoms with Crippen molar-refractivity contribution in [2.45, 2.75) is 6.61 Å². The van der Waals surface area contributed by atoms with E-state index in [2.05, 4.69) is 31.8 Å². The molecule has 0 atom stereocenters. The minimum Gasteiger partial charge on any atom is -0.488 e. The first-order valence-electron chi connectivity index (χ1n) is 8.11. The van der Waals surface area contributed by atoms with Gasteiger partial charge in [0.05, 0.1) is 11.1 Å². The zero-order valence-electron chi connectivity index (χ0n) is 14.2. The highest BCUT2D eigenvalue weighted by Crippen LogP contribution is 2.22. The van der Waals surface area contributed by atoms with Crippen LogP contribution in [0.15, 0.2) is 77.5 Å². The molecule has 0 fully saturated rings. The predicted molar refractivity (Wildman–Crippen MR) is 104 cm³/mol. The number of nitrogens with one attached hydrogen (secondary N) is 2. The van der Waals surface area contributed by atoms with Crippen LogP contribution in [0.5, 0.6) is 5.75 Å². The molecule has 6 nitrogen and oxygen atoms in total. The zero-order valence-corrected chi connectivity index (χ0v) is 15.8. The first-order valence-corrected chi connectivity index (χ1v) is 8.90. The van der Waals surface area contributed by atoms with E-state index in [9.17, 15) is 9.59 Å². The molecule has 1 heterocycles. The summed E-state index contributed by atoms with van der Waals surface area (Å²) in [7, 11) is 0. The summed E-state index contributed by atoms with van der Waals surface area (Å²) in [4.78, 5) is 28.3. The Kier molecular flexibility index (Phi) is 6.17. The van der Waals surface area contributed by atoms with Gasteiger partial charge in [-0.3, -0.25) is 25.4 Å². The normalized spacial score (nSPS) is 10.1. The number of pyridine rings is 1. The fourth-order valence-corrected chi connectivity index (χ4v) is 2.70. The quantitative estimate of drug-likeness (QED) is 0.613. The van der Waals surface area contributed by atoms with E-state index < -0.39 is 11.8 Å². The third kappa shape index (κ3) is 4.92. The molecule has 27 heavy (non-hydrogen) atoms. The first kappa shape index (κ1) is 18.6. The van der Waals surface area contributed by atoms with Crippen LogP contribution in [0, 0.1) is 0 Å². The van der Waals surface area contributed by atoms with Gasteiger partial charge in [-0.1, -0.05) is 46.3 Å². The number of rotatable bonds is 5. The molecule has 2 amide bonds. The van der Waals surface area contributed by atoms with E-state index in [1.807, 2.05) is 24.3 Å². The van der Waals surface area contributed by atoms with Gasteiger partial charge in [-0.05, 0) is 30.3 Å². The molecular weight excluding hydrogens is 410 g/mol. The van der Waals surface area contributed by atoms with E-state index in [0.717, 1.165) is 10.0 Å². The monoisotopic (exact) mass is 425 g/mol. The molecule has 0 spiro atoms.